The summed E-state index contributed by atoms with van der Waals surface area (Å²) in [6, 6.07) is 0.798. The number of nitrogens with zero attached hydrogens (tertiary/aromatic N) is 3. The molecule has 94 valence electrons. The molecule has 1 unspecified atom stereocenters. The van der Waals surface area contributed by atoms with Crippen LogP contribution in [0.5, 0.6) is 0 Å². The number of piperidine rings is 1. The fourth-order valence-corrected chi connectivity index (χ4v) is 3.04. The van der Waals surface area contributed by atoms with E-state index in [1.807, 2.05) is 0 Å². The Hall–Kier alpha value is -0.120. The van der Waals surface area contributed by atoms with Crippen LogP contribution in [0.3, 0.4) is 0 Å². The zero-order valence-corrected chi connectivity index (χ0v) is 11.2. The lowest BCUT2D eigenvalue weighted by Gasteiger charge is -2.40. The van der Waals surface area contributed by atoms with E-state index < -0.39 is 0 Å². The molecule has 2 heterocycles. The molecule has 2 fully saturated rings. The second kappa shape index (κ2) is 5.48. The zero-order valence-electron chi connectivity index (χ0n) is 11.2. The van der Waals surface area contributed by atoms with Gasteiger partial charge in [0.2, 0.25) is 0 Å². The van der Waals surface area contributed by atoms with Crippen molar-refractivity contribution in [2.75, 3.05) is 53.9 Å². The van der Waals surface area contributed by atoms with E-state index in [4.69, 9.17) is 0 Å². The molecule has 2 rings (SSSR count). The Morgan fingerprint density at radius 3 is 2.25 bits per heavy atom. The molecule has 0 saturated carbocycles. The normalized spacial score (nSPS) is 32.1. The van der Waals surface area contributed by atoms with Crippen molar-refractivity contribution in [1.29, 1.82) is 0 Å². The molecule has 2 aliphatic rings. The third-order valence-corrected chi connectivity index (χ3v) is 4.42. The summed E-state index contributed by atoms with van der Waals surface area (Å²) < 4.78 is 0. The maximum Gasteiger partial charge on any atom is 0.0223 e. The highest BCUT2D eigenvalue weighted by Gasteiger charge is 2.26. The van der Waals surface area contributed by atoms with Gasteiger partial charge >= 0.3 is 0 Å². The van der Waals surface area contributed by atoms with Crippen LogP contribution in [0.4, 0.5) is 0 Å². The van der Waals surface area contributed by atoms with Crippen LogP contribution in [0.1, 0.15) is 19.3 Å². The molecule has 0 N–H and O–H groups in total. The number of piperazine rings is 1. The Labute approximate surface area is 100 Å². The summed E-state index contributed by atoms with van der Waals surface area (Å²) in [5.41, 5.74) is 0. The van der Waals surface area contributed by atoms with Gasteiger partial charge < -0.3 is 14.7 Å². The van der Waals surface area contributed by atoms with Gasteiger partial charge in [0.25, 0.3) is 0 Å². The van der Waals surface area contributed by atoms with E-state index in [1.165, 1.54) is 52.0 Å². The lowest BCUT2D eigenvalue weighted by Crippen LogP contribution is -2.51. The molecule has 0 aromatic rings. The Balaban J connectivity index is 1.79. The lowest BCUT2D eigenvalue weighted by atomic mass is 9.89. The monoisotopic (exact) mass is 225 g/mol. The molecular formula is C13H27N3. The van der Waals surface area contributed by atoms with Crippen molar-refractivity contribution in [3.8, 4) is 0 Å². The van der Waals surface area contributed by atoms with Gasteiger partial charge in [0.1, 0.15) is 0 Å². The highest BCUT2D eigenvalue weighted by Crippen LogP contribution is 2.24. The summed E-state index contributed by atoms with van der Waals surface area (Å²) in [7, 11) is 6.80. The maximum atomic E-state index is 2.57. The lowest BCUT2D eigenvalue weighted by molar-refractivity contribution is 0.0848. The van der Waals surface area contributed by atoms with E-state index in [0.717, 1.165) is 12.0 Å². The molecule has 2 aliphatic heterocycles. The maximum absolute atomic E-state index is 2.57. The standard InChI is InChI=1S/C13H27N3/c1-14-6-4-12(5-7-14)10-13-11-15(2)8-9-16(13)3/h12-13H,4-11H2,1-3H3. The quantitative estimate of drug-likeness (QED) is 0.693. The smallest absolute Gasteiger partial charge is 0.0223 e. The van der Waals surface area contributed by atoms with Crippen LogP contribution in [-0.2, 0) is 0 Å². The van der Waals surface area contributed by atoms with Gasteiger partial charge in [0.05, 0.1) is 0 Å². The topological polar surface area (TPSA) is 9.72 Å². The summed E-state index contributed by atoms with van der Waals surface area (Å²) >= 11 is 0. The van der Waals surface area contributed by atoms with Crippen molar-refractivity contribution in [1.82, 2.24) is 14.7 Å². The summed E-state index contributed by atoms with van der Waals surface area (Å²) in [6.07, 6.45) is 4.23. The van der Waals surface area contributed by atoms with Crippen molar-refractivity contribution in [3.63, 3.8) is 0 Å². The number of hydrogen-bond donors (Lipinski definition) is 0. The molecule has 0 aromatic heterocycles. The molecule has 0 bridgehead atoms. The highest BCUT2D eigenvalue weighted by atomic mass is 15.3. The van der Waals surface area contributed by atoms with Gasteiger partial charge in [-0.05, 0) is 59.4 Å². The molecule has 16 heavy (non-hydrogen) atoms. The van der Waals surface area contributed by atoms with Crippen molar-refractivity contribution >= 4 is 0 Å². The van der Waals surface area contributed by atoms with Crippen molar-refractivity contribution in [2.45, 2.75) is 25.3 Å². The SMILES string of the molecule is CN1CCC(CC2CN(C)CCN2C)CC1. The summed E-state index contributed by atoms with van der Waals surface area (Å²) in [5, 5.41) is 0. The minimum Gasteiger partial charge on any atom is -0.306 e. The van der Waals surface area contributed by atoms with E-state index in [2.05, 4.69) is 35.8 Å². The number of rotatable bonds is 2. The van der Waals surface area contributed by atoms with Crippen LogP contribution >= 0.6 is 0 Å². The Morgan fingerprint density at radius 2 is 1.56 bits per heavy atom. The van der Waals surface area contributed by atoms with E-state index in [-0.39, 0.29) is 0 Å². The summed E-state index contributed by atoms with van der Waals surface area (Å²) in [5.74, 6) is 0.968. The fourth-order valence-electron chi connectivity index (χ4n) is 3.04. The Bertz CT molecular complexity index is 211. The van der Waals surface area contributed by atoms with Crippen LogP contribution in [0.15, 0.2) is 0 Å². The van der Waals surface area contributed by atoms with Gasteiger partial charge in [0, 0.05) is 25.7 Å². The van der Waals surface area contributed by atoms with E-state index in [0.29, 0.717) is 0 Å². The molecule has 0 amide bonds. The second-order valence-electron chi connectivity index (χ2n) is 5.88. The zero-order chi connectivity index (χ0) is 11.5. The van der Waals surface area contributed by atoms with Crippen LogP contribution in [-0.4, -0.2) is 74.6 Å². The molecule has 3 heteroatoms. The van der Waals surface area contributed by atoms with Gasteiger partial charge in [-0.15, -0.1) is 0 Å². The minimum absolute atomic E-state index is 0.798. The van der Waals surface area contributed by atoms with Crippen molar-refractivity contribution in [3.05, 3.63) is 0 Å². The highest BCUT2D eigenvalue weighted by molar-refractivity contribution is 4.82. The van der Waals surface area contributed by atoms with Crippen molar-refractivity contribution in [2.24, 2.45) is 5.92 Å². The summed E-state index contributed by atoms with van der Waals surface area (Å²) in [4.78, 5) is 7.52. The Kier molecular flexibility index (Phi) is 4.22. The molecular weight excluding hydrogens is 198 g/mol. The largest absolute Gasteiger partial charge is 0.306 e. The van der Waals surface area contributed by atoms with Crippen LogP contribution in [0.2, 0.25) is 0 Å². The molecule has 2 saturated heterocycles. The van der Waals surface area contributed by atoms with Crippen molar-refractivity contribution < 1.29 is 0 Å². The molecule has 1 atom stereocenters. The summed E-state index contributed by atoms with van der Waals surface area (Å²) in [6.45, 7) is 6.35. The fraction of sp³-hybridized carbons (Fsp3) is 1.00. The average Bonchev–Trinajstić information content (AvgIpc) is 2.27. The molecule has 0 radical (unpaired) electrons. The van der Waals surface area contributed by atoms with Gasteiger partial charge in [-0.1, -0.05) is 0 Å². The predicted molar refractivity (Wildman–Crippen MR) is 68.8 cm³/mol. The third kappa shape index (κ3) is 3.19. The average molecular weight is 225 g/mol. The second-order valence-corrected chi connectivity index (χ2v) is 5.88. The molecule has 0 aromatic carbocycles. The number of hydrogen-bond acceptors (Lipinski definition) is 3. The number of likely N-dealkylation sites (tertiary alicyclic amines) is 1. The first-order chi connectivity index (χ1) is 7.65. The molecule has 0 aliphatic carbocycles. The van der Waals surface area contributed by atoms with E-state index >= 15 is 0 Å². The minimum atomic E-state index is 0.798. The van der Waals surface area contributed by atoms with Crippen LogP contribution < -0.4 is 0 Å². The first-order valence-electron chi connectivity index (χ1n) is 6.72. The third-order valence-electron chi connectivity index (χ3n) is 4.42. The predicted octanol–water partition coefficient (Wildman–Crippen LogP) is 0.964. The first kappa shape index (κ1) is 12.3. The molecule has 3 nitrogen and oxygen atoms in total. The number of likely N-dealkylation sites (N-methyl/N-ethyl adjacent to an activating group) is 2. The Morgan fingerprint density at radius 1 is 0.875 bits per heavy atom. The van der Waals surface area contributed by atoms with Crippen LogP contribution in [0.25, 0.3) is 0 Å². The molecule has 0 spiro atoms. The first-order valence-corrected chi connectivity index (χ1v) is 6.72. The van der Waals surface area contributed by atoms with Gasteiger partial charge in [-0.2, -0.15) is 0 Å². The van der Waals surface area contributed by atoms with Gasteiger partial charge in [0.15, 0.2) is 0 Å². The van der Waals surface area contributed by atoms with E-state index in [9.17, 15) is 0 Å². The van der Waals surface area contributed by atoms with Gasteiger partial charge in [-0.3, -0.25) is 0 Å². The van der Waals surface area contributed by atoms with Gasteiger partial charge in [-0.25, -0.2) is 0 Å². The van der Waals surface area contributed by atoms with Crippen LogP contribution in [0, 0.1) is 5.92 Å². The van der Waals surface area contributed by atoms with E-state index in [1.54, 1.807) is 0 Å².